The zero-order valence-corrected chi connectivity index (χ0v) is 18.4. The number of hydrogen-bond acceptors (Lipinski definition) is 5. The van der Waals surface area contributed by atoms with Gasteiger partial charge in [0.2, 0.25) is 0 Å². The first kappa shape index (κ1) is 27.7. The number of hydrogen-bond donors (Lipinski definition) is 3. The Bertz CT molecular complexity index is 689. The predicted molar refractivity (Wildman–Crippen MR) is 117 cm³/mol. The lowest BCUT2D eigenvalue weighted by atomic mass is 9.96. The van der Waals surface area contributed by atoms with Gasteiger partial charge < -0.3 is 15.7 Å². The summed E-state index contributed by atoms with van der Waals surface area (Å²) in [7, 11) is 2.05. The lowest BCUT2D eigenvalue weighted by Gasteiger charge is -2.29. The number of hydrazine groups is 1. The van der Waals surface area contributed by atoms with Gasteiger partial charge in [-0.2, -0.15) is 0 Å². The molecule has 30 heavy (non-hydrogen) atoms. The number of benzene rings is 1. The van der Waals surface area contributed by atoms with Crippen molar-refractivity contribution >= 4 is 0 Å². The van der Waals surface area contributed by atoms with Crippen molar-refractivity contribution in [1.29, 1.82) is 0 Å². The van der Waals surface area contributed by atoms with Gasteiger partial charge in [0.1, 0.15) is 0 Å². The Balaban J connectivity index is 0.00000150. The molecule has 1 rings (SSSR count). The van der Waals surface area contributed by atoms with Crippen molar-refractivity contribution in [1.82, 2.24) is 9.91 Å². The average molecular weight is 429 g/mol. The van der Waals surface area contributed by atoms with E-state index >= 15 is 0 Å². The van der Waals surface area contributed by atoms with Crippen LogP contribution in [-0.4, -0.2) is 41.0 Å². The highest BCUT2D eigenvalue weighted by atomic mass is 19.4. The van der Waals surface area contributed by atoms with Crippen LogP contribution in [-0.2, 0) is 6.54 Å². The van der Waals surface area contributed by atoms with Gasteiger partial charge in [0, 0.05) is 37.6 Å². The highest BCUT2D eigenvalue weighted by molar-refractivity contribution is 5.27. The minimum Gasteiger partial charge on any atom is -0.399 e. The molecule has 5 nitrogen and oxygen atoms in total. The van der Waals surface area contributed by atoms with Gasteiger partial charge in [-0.05, 0) is 30.1 Å². The van der Waals surface area contributed by atoms with E-state index in [0.29, 0.717) is 5.70 Å². The second-order valence-electron chi connectivity index (χ2n) is 8.29. The molecule has 0 heterocycles. The van der Waals surface area contributed by atoms with Crippen molar-refractivity contribution in [3.8, 4) is 0 Å². The number of allylic oxidation sites excluding steroid dienone is 2. The van der Waals surface area contributed by atoms with Crippen LogP contribution in [0.25, 0.3) is 0 Å². The topological polar surface area (TPSA) is 78.8 Å². The minimum absolute atomic E-state index is 0.124. The predicted octanol–water partition coefficient (Wildman–Crippen LogP) is 4.14. The van der Waals surface area contributed by atoms with E-state index in [1.54, 1.807) is 0 Å². The van der Waals surface area contributed by atoms with Crippen molar-refractivity contribution in [2.45, 2.75) is 46.6 Å². The molecule has 0 saturated carbocycles. The second-order valence-corrected chi connectivity index (χ2v) is 8.29. The maximum atomic E-state index is 9.91. The van der Waals surface area contributed by atoms with Gasteiger partial charge in [-0.3, -0.25) is 5.84 Å². The van der Waals surface area contributed by atoms with Crippen LogP contribution >= 0.6 is 0 Å². The highest BCUT2D eigenvalue weighted by Gasteiger charge is 2.20. The smallest absolute Gasteiger partial charge is 0.399 e. The molecule has 0 fully saturated rings. The number of rotatable bonds is 8. The molecule has 0 spiro atoms. The summed E-state index contributed by atoms with van der Waals surface area (Å²) >= 11 is 0. The number of likely N-dealkylation sites (N-methyl/N-ethyl adjacent to an activating group) is 1. The normalized spacial score (nSPS) is 13.8. The lowest BCUT2D eigenvalue weighted by molar-refractivity contribution is -0.295. The molecule has 1 atom stereocenters. The number of alkyl halides is 3. The summed E-state index contributed by atoms with van der Waals surface area (Å²) < 4.78 is 29.7. The van der Waals surface area contributed by atoms with Crippen LogP contribution in [0.1, 0.15) is 33.3 Å². The van der Waals surface area contributed by atoms with Crippen molar-refractivity contribution in [3.63, 3.8) is 0 Å². The molecule has 0 saturated heterocycles. The quantitative estimate of drug-likeness (QED) is 0.330. The van der Waals surface area contributed by atoms with Crippen molar-refractivity contribution < 1.29 is 18.3 Å². The van der Waals surface area contributed by atoms with E-state index in [9.17, 15) is 13.2 Å². The number of halogens is 3. The molecule has 0 radical (unpaired) electrons. The molecule has 8 heteroatoms. The minimum atomic E-state index is -5.00. The Morgan fingerprint density at radius 2 is 1.70 bits per heavy atom. The van der Waals surface area contributed by atoms with Crippen molar-refractivity contribution in [3.05, 3.63) is 72.1 Å². The Morgan fingerprint density at radius 3 is 2.13 bits per heavy atom. The maximum absolute atomic E-state index is 9.91. The third-order valence-electron chi connectivity index (χ3n) is 3.76. The van der Waals surface area contributed by atoms with E-state index in [2.05, 4.69) is 63.5 Å². The molecular weight excluding hydrogens is 393 g/mol. The molecule has 1 unspecified atom stereocenters. The summed E-state index contributed by atoms with van der Waals surface area (Å²) in [6.45, 7) is 14.1. The van der Waals surface area contributed by atoms with Gasteiger partial charge >= 0.3 is 6.36 Å². The van der Waals surface area contributed by atoms with E-state index in [-0.39, 0.29) is 11.5 Å². The first-order valence-corrected chi connectivity index (χ1v) is 9.48. The van der Waals surface area contributed by atoms with Gasteiger partial charge in [0.05, 0.1) is 0 Å². The molecular formula is C22H35F3N4O. The van der Waals surface area contributed by atoms with E-state index < -0.39 is 6.36 Å². The van der Waals surface area contributed by atoms with E-state index in [0.717, 1.165) is 18.8 Å². The molecule has 0 aliphatic heterocycles. The molecule has 0 amide bonds. The second kappa shape index (κ2) is 12.4. The summed E-state index contributed by atoms with van der Waals surface area (Å²) in [6.07, 6.45) is 1.05. The van der Waals surface area contributed by atoms with Gasteiger partial charge in [-0.15, -0.1) is 13.2 Å². The summed E-state index contributed by atoms with van der Waals surface area (Å²) in [4.78, 5) is 2.15. The van der Waals surface area contributed by atoms with Crippen LogP contribution in [0.5, 0.6) is 0 Å². The molecule has 170 valence electrons. The van der Waals surface area contributed by atoms with Crippen LogP contribution in [0.3, 0.4) is 0 Å². The lowest BCUT2D eigenvalue weighted by Crippen LogP contribution is -2.43. The third kappa shape index (κ3) is 15.6. The fourth-order valence-electron chi connectivity index (χ4n) is 2.46. The van der Waals surface area contributed by atoms with Crippen LogP contribution in [0.2, 0.25) is 0 Å². The molecule has 5 N–H and O–H groups in total. The first-order valence-electron chi connectivity index (χ1n) is 9.48. The number of aliphatic hydroxyl groups is 1. The molecule has 1 aromatic rings. The van der Waals surface area contributed by atoms with E-state index in [1.807, 2.05) is 36.3 Å². The standard InChI is InChI=1S/C21H34N4.CHF3O/c1-17(22)14-20(24(6)15-19-10-8-7-9-11-19)13-12-18(2)25(23)16-21(3,4)5;2-1(3,4)5/h7-14,18H,1,15-16,22-23H2,2-6H3;5H/b13-12-,20-14+;. The van der Waals surface area contributed by atoms with E-state index in [4.69, 9.17) is 16.7 Å². The summed E-state index contributed by atoms with van der Waals surface area (Å²) in [5.41, 5.74) is 8.75. The Morgan fingerprint density at radius 1 is 1.20 bits per heavy atom. The van der Waals surface area contributed by atoms with Gasteiger partial charge in [0.25, 0.3) is 0 Å². The largest absolute Gasteiger partial charge is 0.519 e. The maximum Gasteiger partial charge on any atom is 0.519 e. The molecule has 1 aromatic carbocycles. The molecule has 0 aliphatic rings. The number of nitrogens with two attached hydrogens (primary N) is 2. The van der Waals surface area contributed by atoms with Crippen LogP contribution in [0.4, 0.5) is 13.2 Å². The Labute approximate surface area is 178 Å². The van der Waals surface area contributed by atoms with E-state index in [1.165, 1.54) is 5.56 Å². The van der Waals surface area contributed by atoms with Gasteiger partial charge in [-0.25, -0.2) is 5.01 Å². The summed E-state index contributed by atoms with van der Waals surface area (Å²) in [6, 6.07) is 10.5. The highest BCUT2D eigenvalue weighted by Crippen LogP contribution is 2.16. The fraction of sp³-hybridized carbons (Fsp3) is 0.455. The van der Waals surface area contributed by atoms with Gasteiger partial charge in [-0.1, -0.05) is 63.8 Å². The average Bonchev–Trinajstić information content (AvgIpc) is 2.55. The zero-order valence-electron chi connectivity index (χ0n) is 18.4. The van der Waals surface area contributed by atoms with Crippen molar-refractivity contribution in [2.75, 3.05) is 13.6 Å². The van der Waals surface area contributed by atoms with Gasteiger partial charge in [0.15, 0.2) is 0 Å². The summed E-state index contributed by atoms with van der Waals surface area (Å²) in [5, 5.41) is 8.38. The number of nitrogens with zero attached hydrogens (tertiary/aromatic N) is 2. The molecule has 0 aliphatic carbocycles. The van der Waals surface area contributed by atoms with Crippen molar-refractivity contribution in [2.24, 2.45) is 17.0 Å². The van der Waals surface area contributed by atoms with Crippen LogP contribution < -0.4 is 11.6 Å². The third-order valence-corrected chi connectivity index (χ3v) is 3.76. The first-order chi connectivity index (χ1) is 13.6. The monoisotopic (exact) mass is 428 g/mol. The van der Waals surface area contributed by atoms with Crippen LogP contribution in [0, 0.1) is 5.41 Å². The SMILES string of the molecule is C=C(N)/C=C(\C=C/C(C)N(N)CC(C)(C)C)N(C)Cc1ccccc1.OC(F)(F)F. The molecule has 0 aromatic heterocycles. The Kier molecular flexibility index (Phi) is 11.5. The molecule has 0 bridgehead atoms. The fourth-order valence-corrected chi connectivity index (χ4v) is 2.46. The zero-order chi connectivity index (χ0) is 23.5. The summed E-state index contributed by atoms with van der Waals surface area (Å²) in [5.74, 6) is 6.20. The Hall–Kier alpha value is -2.29. The van der Waals surface area contributed by atoms with Crippen LogP contribution in [0.15, 0.2) is 66.5 Å².